The zero-order valence-electron chi connectivity index (χ0n) is 49.6. The minimum Gasteiger partial charge on any atom is -0.481 e. The highest BCUT2D eigenvalue weighted by Crippen LogP contribution is 2.55. The van der Waals surface area contributed by atoms with Crippen molar-refractivity contribution in [1.82, 2.24) is 60.3 Å². The number of imidazole rings is 2. The van der Waals surface area contributed by atoms with Gasteiger partial charge in [-0.3, -0.25) is 46.9 Å². The molecule has 3 unspecified atom stereocenters. The van der Waals surface area contributed by atoms with Crippen molar-refractivity contribution in [2.75, 3.05) is 43.9 Å². The van der Waals surface area contributed by atoms with Crippen LogP contribution in [-0.2, 0) is 97.7 Å². The second-order valence-corrected chi connectivity index (χ2v) is 27.6. The lowest BCUT2D eigenvalue weighted by molar-refractivity contribution is -0.140. The molecule has 12 N–H and O–H groups in total. The molecule has 3 aliphatic heterocycles. The number of ketones is 2. The van der Waals surface area contributed by atoms with Gasteiger partial charge in [-0.25, -0.2) is 48.3 Å². The highest BCUT2D eigenvalue weighted by molar-refractivity contribution is 8.07. The van der Waals surface area contributed by atoms with E-state index in [0.29, 0.717) is 11.3 Å². The molecule has 6 amide bonds. The van der Waals surface area contributed by atoms with Gasteiger partial charge in [0.25, 0.3) is 0 Å². The van der Waals surface area contributed by atoms with Crippen LogP contribution in [0.4, 0.5) is 29.9 Å². The number of carbonyl (C=O) groups is 8. The molecule has 3 fully saturated rings. The molecule has 0 bridgehead atoms. The second kappa shape index (κ2) is 31.6. The van der Waals surface area contributed by atoms with Gasteiger partial charge < -0.3 is 76.2 Å². The van der Waals surface area contributed by atoms with E-state index < -0.39 is 135 Å². The van der Waals surface area contributed by atoms with Gasteiger partial charge in [0.15, 0.2) is 47.7 Å². The van der Waals surface area contributed by atoms with Gasteiger partial charge in [0.05, 0.1) is 50.4 Å². The molecule has 0 aliphatic carbocycles. The quantitative estimate of drug-likeness (QED) is 0.0267. The number of aromatic nitrogens is 8. The highest BCUT2D eigenvalue weighted by Gasteiger charge is 2.54. The number of carbonyl (C=O) groups excluding carboxylic acids is 7. The van der Waals surface area contributed by atoms with E-state index in [9.17, 15) is 48.1 Å². The van der Waals surface area contributed by atoms with Crippen molar-refractivity contribution in [3.8, 4) is 0 Å². The third-order valence-corrected chi connectivity index (χ3v) is 18.0. The molecule has 0 radical (unpaired) electrons. The molecule has 0 saturated carbocycles. The number of alkyl halides is 2. The van der Waals surface area contributed by atoms with Gasteiger partial charge in [-0.05, 0) is 66.5 Å². The van der Waals surface area contributed by atoms with Crippen molar-refractivity contribution in [1.29, 1.82) is 0 Å². The number of hydrogen-bond donors (Lipinski definition) is 10. The Kier molecular flexibility index (Phi) is 24.2. The minimum atomic E-state index is -4.41. The van der Waals surface area contributed by atoms with E-state index in [1.54, 1.807) is 38.1 Å². The maximum atomic E-state index is 16.7. The minimum absolute atomic E-state index is 0.0160. The molecule has 0 spiro atoms. The van der Waals surface area contributed by atoms with Gasteiger partial charge in [0.1, 0.15) is 60.5 Å². The molecule has 13 atom stereocenters. The van der Waals surface area contributed by atoms with Crippen LogP contribution in [0.2, 0.25) is 0 Å². The zero-order chi connectivity index (χ0) is 66.6. The number of nitrogens with two attached hydrogens (primary N) is 2. The fourth-order valence-electron chi connectivity index (χ4n) is 10.2. The molecular formula is C53H69F2N15O18P2S2. The number of hydrogen-bond acceptors (Lipinski definition) is 24. The number of benzene rings is 1. The topological polar surface area (TPSA) is 461 Å². The molecule has 3 saturated heterocycles. The predicted molar refractivity (Wildman–Crippen MR) is 324 cm³/mol. The second-order valence-electron chi connectivity index (χ2n) is 22.1. The molecule has 92 heavy (non-hydrogen) atoms. The fourth-order valence-corrected chi connectivity index (χ4v) is 13.0. The third-order valence-electron chi connectivity index (χ3n) is 14.8. The number of Topliss-reactive ketones (excluding diaryl/α,β-unsaturated/α-hetero) is 2. The number of anilines is 2. The first-order chi connectivity index (χ1) is 43.7. The Morgan fingerprint density at radius 3 is 1.93 bits per heavy atom. The summed E-state index contributed by atoms with van der Waals surface area (Å²) in [5.41, 5.74) is 12.6. The van der Waals surface area contributed by atoms with Crippen LogP contribution < -0.4 is 38.1 Å². The number of ether oxygens (including phenoxy) is 3. The van der Waals surface area contributed by atoms with E-state index in [1.165, 1.54) is 28.7 Å². The first-order valence-electron chi connectivity index (χ1n) is 28.8. The molecule has 500 valence electrons. The number of rotatable bonds is 27. The number of alkyl carbamates (subject to hydrolysis) is 1. The van der Waals surface area contributed by atoms with Gasteiger partial charge in [-0.15, -0.1) is 0 Å². The lowest BCUT2D eigenvalue weighted by atomic mass is 9.89. The number of fused-ring (bicyclic) bond motifs is 4. The number of primary amides is 1. The van der Waals surface area contributed by atoms with E-state index in [1.807, 2.05) is 0 Å². The van der Waals surface area contributed by atoms with Gasteiger partial charge in [0, 0.05) is 56.4 Å². The van der Waals surface area contributed by atoms with Gasteiger partial charge in [0.2, 0.25) is 17.7 Å². The van der Waals surface area contributed by atoms with E-state index in [0.717, 1.165) is 12.7 Å². The Labute approximate surface area is 533 Å². The average Bonchev–Trinajstić information content (AvgIpc) is 1.62. The molecule has 3 aliphatic rings. The standard InChI is InChI=1S/C53H69F2N15O18P2S2/c1-26(2)40(68-36(73)12-15-58-48(76)27(3)16-37(74)75)33(72)17-29(6-4-13-59-52(57)78)49(77)67-30-10-8-28(9-11-30)19-82-53(79)60-14-5-7-31(71)18-32-41-46(63-22-61-32)69(24-65-41)50-38(54)43-34(85-50)20-83-90(81,92)88-44-35(21-84-89(80,91)87-43)86-51(39(44)55)70-25-66-42-45(56)62-23-64-47(42)70/h8-11,22-27,29,34-35,38-40,43-44,50-51H,4-7,12-21H2,1-3H3,(H,58,76)(H,60,79)(H,67,77)(H,68,73)(H,74,75)(H,80,91)(H,81,92)(H2,56,62,64)(H3,57,59,78)/t27?,29-,34-,35-,38-,39-,40+,43-,44-,50-,51-,89?,90?/m1/s1. The fraction of sp³-hybridized carbons (Fsp3) is 0.547. The lowest BCUT2D eigenvalue weighted by Gasteiger charge is -2.29. The summed E-state index contributed by atoms with van der Waals surface area (Å²) in [4.78, 5) is 148. The van der Waals surface area contributed by atoms with E-state index >= 15 is 8.78 Å². The predicted octanol–water partition coefficient (Wildman–Crippen LogP) is 2.51. The Morgan fingerprint density at radius 1 is 0.750 bits per heavy atom. The molecule has 7 heterocycles. The maximum Gasteiger partial charge on any atom is 0.407 e. The molecule has 5 aromatic rings. The smallest absolute Gasteiger partial charge is 0.407 e. The van der Waals surface area contributed by atoms with Gasteiger partial charge in [-0.2, -0.15) is 0 Å². The summed E-state index contributed by atoms with van der Waals surface area (Å²) >= 11 is 10.5. The van der Waals surface area contributed by atoms with E-state index in [-0.39, 0.29) is 123 Å². The lowest BCUT2D eigenvalue weighted by Crippen LogP contribution is -2.46. The van der Waals surface area contributed by atoms with Crippen LogP contribution in [0.15, 0.2) is 49.6 Å². The SMILES string of the molecule is CC(CC(=O)O)C(=O)NCCC(=O)N[C@H](C(=O)C[C@@H](CCCNC(N)=O)C(=O)Nc1ccc(COC(=O)NCCCC(=O)Cc2ncnc3c2ncn3[C@@H]2O[C@@H]3COP(O)(=S)O[C@H]4[C@@H](F)[C@H](n5cnc6c(N)ncnc65)O[C@@H]4COP(O)(=S)O[C@H]3[C@H]2F)cc1)C(C)C. The highest BCUT2D eigenvalue weighted by atomic mass is 32.5. The van der Waals surface area contributed by atoms with Gasteiger partial charge in [-0.1, -0.05) is 32.9 Å². The van der Waals surface area contributed by atoms with Crippen LogP contribution in [-0.4, -0.2) is 177 Å². The number of halogens is 2. The molecular weight excluding hydrogens is 1300 g/mol. The van der Waals surface area contributed by atoms with E-state index in [2.05, 4.69) is 56.5 Å². The molecule has 33 nitrogen and oxygen atoms in total. The summed E-state index contributed by atoms with van der Waals surface area (Å²) in [6, 6.07) is 4.57. The number of urea groups is 1. The number of aliphatic carboxylic acids is 1. The number of carboxylic acids is 1. The molecule has 39 heteroatoms. The Morgan fingerprint density at radius 2 is 1.34 bits per heavy atom. The normalized spacial score (nSPS) is 25.0. The summed E-state index contributed by atoms with van der Waals surface area (Å²) in [6.45, 7) is -5.42. The van der Waals surface area contributed by atoms with Crippen molar-refractivity contribution in [3.63, 3.8) is 0 Å². The molecule has 1 aromatic carbocycles. The molecule has 8 rings (SSSR count). The first kappa shape index (κ1) is 70.6. The van der Waals surface area contributed by atoms with Crippen LogP contribution >= 0.6 is 13.4 Å². The van der Waals surface area contributed by atoms with Crippen molar-refractivity contribution in [3.05, 3.63) is 60.8 Å². The summed E-state index contributed by atoms with van der Waals surface area (Å²) in [5.74, 6) is -5.57. The van der Waals surface area contributed by atoms with E-state index in [4.69, 9.17) is 72.5 Å². The monoisotopic (exact) mass is 1370 g/mol. The van der Waals surface area contributed by atoms with Crippen LogP contribution in [0.3, 0.4) is 0 Å². The van der Waals surface area contributed by atoms with Crippen LogP contribution in [0.1, 0.15) is 89.4 Å². The summed E-state index contributed by atoms with van der Waals surface area (Å²) < 4.78 is 75.2. The summed E-state index contributed by atoms with van der Waals surface area (Å²) in [7, 11) is 0. The average molecular weight is 1370 g/mol. The maximum absolute atomic E-state index is 16.7. The molecule has 4 aromatic heterocycles. The number of nitrogen functional groups attached to an aromatic ring is 1. The zero-order valence-corrected chi connectivity index (χ0v) is 53.0. The number of nitrogens with zero attached hydrogens (tertiary/aromatic N) is 8. The Hall–Kier alpha value is -7.28. The van der Waals surface area contributed by atoms with Crippen molar-refractivity contribution >= 4 is 118 Å². The Balaban J connectivity index is 0.786. The third kappa shape index (κ3) is 18.7. The van der Waals surface area contributed by atoms with Crippen molar-refractivity contribution < 1.29 is 94.3 Å². The summed E-state index contributed by atoms with van der Waals surface area (Å²) in [5, 5.41) is 21.9. The van der Waals surface area contributed by atoms with Crippen molar-refractivity contribution in [2.45, 2.75) is 134 Å². The number of amides is 6. The van der Waals surface area contributed by atoms with Crippen LogP contribution in [0, 0.1) is 17.8 Å². The Bertz CT molecular complexity index is 3620. The first-order valence-corrected chi connectivity index (χ1v) is 34.0. The van der Waals surface area contributed by atoms with Crippen LogP contribution in [0.5, 0.6) is 0 Å². The van der Waals surface area contributed by atoms with Crippen molar-refractivity contribution in [2.24, 2.45) is 23.5 Å². The number of carboxylic acid groups (broad SMARTS) is 1. The summed E-state index contributed by atoms with van der Waals surface area (Å²) in [6.07, 6.45) is -10.1. The van der Waals surface area contributed by atoms with Crippen LogP contribution in [0.25, 0.3) is 22.3 Å². The van der Waals surface area contributed by atoms with Gasteiger partial charge >= 0.3 is 31.5 Å². The number of nitrogens with one attached hydrogen (secondary N) is 5. The largest absolute Gasteiger partial charge is 0.481 e.